The van der Waals surface area contributed by atoms with Crippen molar-refractivity contribution in [3.05, 3.63) is 255 Å². The summed E-state index contributed by atoms with van der Waals surface area (Å²) in [5, 5.41) is 4.30. The van der Waals surface area contributed by atoms with Crippen LogP contribution in [-0.2, 0) is 23.8 Å². The lowest BCUT2D eigenvalue weighted by Gasteiger charge is -2.38. The van der Waals surface area contributed by atoms with Crippen LogP contribution in [0.3, 0.4) is 0 Å². The molecule has 2 atom stereocenters. The number of carbonyl (C=O) groups excluding carboxylic acids is 2. The summed E-state index contributed by atoms with van der Waals surface area (Å²) in [6, 6.07) is 70.2. The highest BCUT2D eigenvalue weighted by Gasteiger charge is 2.44. The Morgan fingerprint density at radius 2 is 1.07 bits per heavy atom. The van der Waals surface area contributed by atoms with Gasteiger partial charge >= 0.3 is 5.97 Å². The molecule has 7 aromatic carbocycles. The molecule has 368 valence electrons. The van der Waals surface area contributed by atoms with E-state index >= 15 is 0 Å². The summed E-state index contributed by atoms with van der Waals surface area (Å²) in [7, 11) is 1.46. The van der Waals surface area contributed by atoms with E-state index in [-0.39, 0.29) is 30.5 Å². The van der Waals surface area contributed by atoms with E-state index in [1.165, 1.54) is 40.5 Å². The zero-order chi connectivity index (χ0) is 49.8. The van der Waals surface area contributed by atoms with Crippen LogP contribution in [0.25, 0.3) is 5.57 Å². The van der Waals surface area contributed by atoms with E-state index in [1.807, 2.05) is 35.7 Å². The first-order valence-corrected chi connectivity index (χ1v) is 27.7. The van der Waals surface area contributed by atoms with E-state index in [9.17, 15) is 9.59 Å². The van der Waals surface area contributed by atoms with E-state index in [2.05, 4.69) is 197 Å². The van der Waals surface area contributed by atoms with Crippen LogP contribution in [0.4, 0.5) is 0 Å². The summed E-state index contributed by atoms with van der Waals surface area (Å²) in [4.78, 5) is 32.7. The normalized spacial score (nSPS) is 15.9. The lowest BCUT2D eigenvalue weighted by molar-refractivity contribution is -0.137. The van der Waals surface area contributed by atoms with Gasteiger partial charge in [0.2, 0.25) is 5.91 Å². The lowest BCUT2D eigenvalue weighted by atomic mass is 9.84. The van der Waals surface area contributed by atoms with Crippen LogP contribution in [0, 0.1) is 0 Å². The topological polar surface area (TPSA) is 61.9 Å². The average molecular weight is 1030 g/mol. The van der Waals surface area contributed by atoms with Gasteiger partial charge in [0.25, 0.3) is 0 Å². The number of rotatable bonds is 22. The van der Waals surface area contributed by atoms with Gasteiger partial charge in [-0.05, 0) is 88.9 Å². The van der Waals surface area contributed by atoms with Crippen LogP contribution in [-0.4, -0.2) is 85.1 Å². The molecule has 2 heterocycles. The van der Waals surface area contributed by atoms with Gasteiger partial charge in [-0.1, -0.05) is 211 Å². The highest BCUT2D eigenvalue weighted by atomic mass is 35.5. The smallest absolute Gasteiger partial charge is 0.335 e. The predicted octanol–water partition coefficient (Wildman–Crippen LogP) is 13.4. The molecule has 1 N–H and O–H groups in total. The highest BCUT2D eigenvalue weighted by Crippen LogP contribution is 2.50. The van der Waals surface area contributed by atoms with Gasteiger partial charge in [0.1, 0.15) is 0 Å². The Hall–Kier alpha value is -5.58. The standard InChI is InChI=1S/C62H61Cl2N3O3S2/c1-70-60(69)59-54(46-33-35-55(63)56(64)43-46)44-53-34-36-57(59)67(53)39-20-38-66(40-42-72-62(50-27-14-5-15-28-50,51-29-16-6-17-30-51)52-31-18-7-19-32-52)45-58(68)65-37-41-71-61(47-21-8-2-9-22-47,48-23-10-3-11-24-48)49-25-12-4-13-26-49/h2-19,21-33,35,43,53,57H,20,34,36-42,44-45H2,1H3,(H,65,68)/t53-,57+/m0/s1. The maximum Gasteiger partial charge on any atom is 0.335 e. The molecule has 2 aliphatic heterocycles. The molecule has 2 aliphatic rings. The third kappa shape index (κ3) is 11.3. The van der Waals surface area contributed by atoms with E-state index in [1.54, 1.807) is 6.07 Å². The second kappa shape index (κ2) is 24.4. The van der Waals surface area contributed by atoms with Crippen molar-refractivity contribution in [2.24, 2.45) is 0 Å². The Bertz CT molecular complexity index is 2700. The first kappa shape index (κ1) is 51.3. The van der Waals surface area contributed by atoms with Crippen LogP contribution in [0.2, 0.25) is 10.0 Å². The number of nitrogens with zero attached hydrogens (tertiary/aromatic N) is 2. The third-order valence-corrected chi connectivity index (χ3v) is 18.0. The number of thioether (sulfide) groups is 2. The third-order valence-electron chi connectivity index (χ3n) is 14.2. The van der Waals surface area contributed by atoms with Crippen LogP contribution in [0.5, 0.6) is 0 Å². The summed E-state index contributed by atoms with van der Waals surface area (Å²) in [5.74, 6) is 1.18. The Morgan fingerprint density at radius 1 is 0.611 bits per heavy atom. The quantitative estimate of drug-likeness (QED) is 0.0412. The van der Waals surface area contributed by atoms with Gasteiger partial charge in [-0.3, -0.25) is 14.6 Å². The van der Waals surface area contributed by atoms with E-state index in [0.717, 1.165) is 49.1 Å². The number of esters is 1. The Labute approximate surface area is 444 Å². The minimum absolute atomic E-state index is 0.00555. The molecular weight excluding hydrogens is 970 g/mol. The van der Waals surface area contributed by atoms with Gasteiger partial charge in [0.05, 0.1) is 38.8 Å². The number of halogens is 2. The molecule has 1 saturated heterocycles. The molecule has 1 fully saturated rings. The number of carbonyl (C=O) groups is 2. The second-order valence-electron chi connectivity index (χ2n) is 18.4. The van der Waals surface area contributed by atoms with E-state index in [0.29, 0.717) is 41.0 Å². The summed E-state index contributed by atoms with van der Waals surface area (Å²) in [5.41, 5.74) is 9.84. The number of nitrogens with one attached hydrogen (secondary N) is 1. The predicted molar refractivity (Wildman–Crippen MR) is 301 cm³/mol. The molecule has 0 radical (unpaired) electrons. The first-order valence-electron chi connectivity index (χ1n) is 24.9. The fourth-order valence-electron chi connectivity index (χ4n) is 10.9. The van der Waals surface area contributed by atoms with Gasteiger partial charge < -0.3 is 10.1 Å². The molecule has 0 aromatic heterocycles. The molecule has 0 spiro atoms. The van der Waals surface area contributed by atoms with Crippen molar-refractivity contribution in [2.45, 2.75) is 47.3 Å². The van der Waals surface area contributed by atoms with Crippen LogP contribution >= 0.6 is 46.7 Å². The number of fused-ring (bicyclic) bond motifs is 2. The largest absolute Gasteiger partial charge is 0.466 e. The SMILES string of the molecule is COC(=O)C1=C(c2ccc(Cl)c(Cl)c2)C[C@@H]2CC[C@H]1N2CCCN(CCSC(c1ccccc1)(c1ccccc1)c1ccccc1)CC(=O)NCCSC(c1ccccc1)(c1ccccc1)c1ccccc1. The van der Waals surface area contributed by atoms with E-state index < -0.39 is 9.49 Å². The molecule has 0 aliphatic carbocycles. The molecule has 6 nitrogen and oxygen atoms in total. The summed E-state index contributed by atoms with van der Waals surface area (Å²) < 4.78 is 4.48. The summed E-state index contributed by atoms with van der Waals surface area (Å²) >= 11 is 16.6. The minimum Gasteiger partial charge on any atom is -0.466 e. The highest BCUT2D eigenvalue weighted by molar-refractivity contribution is 8.00. The van der Waals surface area contributed by atoms with Crippen molar-refractivity contribution in [3.8, 4) is 0 Å². The molecule has 7 aromatic rings. The Morgan fingerprint density at radius 3 is 1.51 bits per heavy atom. The van der Waals surface area contributed by atoms with Crippen molar-refractivity contribution in [3.63, 3.8) is 0 Å². The van der Waals surface area contributed by atoms with Crippen molar-refractivity contribution in [1.82, 2.24) is 15.1 Å². The van der Waals surface area contributed by atoms with Gasteiger partial charge in [0, 0.05) is 43.2 Å². The number of hydrogen-bond donors (Lipinski definition) is 1. The number of methoxy groups -OCH3 is 1. The number of ether oxygens (including phenoxy) is 1. The molecule has 0 unspecified atom stereocenters. The van der Waals surface area contributed by atoms with E-state index in [4.69, 9.17) is 27.9 Å². The van der Waals surface area contributed by atoms with Crippen LogP contribution < -0.4 is 5.32 Å². The first-order chi connectivity index (χ1) is 35.3. The fraction of sp³-hybridized carbons (Fsp3) is 0.258. The van der Waals surface area contributed by atoms with Crippen molar-refractivity contribution in [2.75, 3.05) is 51.3 Å². The average Bonchev–Trinajstić information content (AvgIpc) is 3.71. The molecule has 0 saturated carbocycles. The maximum atomic E-state index is 14.3. The van der Waals surface area contributed by atoms with Crippen molar-refractivity contribution in [1.29, 1.82) is 0 Å². The van der Waals surface area contributed by atoms with Gasteiger partial charge in [0.15, 0.2) is 0 Å². The van der Waals surface area contributed by atoms with Crippen molar-refractivity contribution < 1.29 is 14.3 Å². The molecule has 2 bridgehead atoms. The maximum absolute atomic E-state index is 14.3. The molecule has 10 heteroatoms. The Kier molecular flexibility index (Phi) is 17.4. The van der Waals surface area contributed by atoms with Crippen molar-refractivity contribution >= 4 is 64.2 Å². The Balaban J connectivity index is 0.946. The van der Waals surface area contributed by atoms with Gasteiger partial charge in [-0.2, -0.15) is 0 Å². The second-order valence-corrected chi connectivity index (χ2v) is 21.9. The molecule has 1 amide bonds. The monoisotopic (exact) mass is 1030 g/mol. The molecule has 9 rings (SSSR count). The zero-order valence-electron chi connectivity index (χ0n) is 40.7. The van der Waals surface area contributed by atoms with Crippen LogP contribution in [0.15, 0.2) is 206 Å². The zero-order valence-corrected chi connectivity index (χ0v) is 43.8. The molecular formula is C62H61Cl2N3O3S2. The van der Waals surface area contributed by atoms with Gasteiger partial charge in [-0.25, -0.2) is 4.79 Å². The van der Waals surface area contributed by atoms with Gasteiger partial charge in [-0.15, -0.1) is 23.5 Å². The number of amides is 1. The number of hydrogen-bond acceptors (Lipinski definition) is 7. The number of benzene rings is 7. The lowest BCUT2D eigenvalue weighted by Crippen LogP contribution is -2.45. The van der Waals surface area contributed by atoms with Crippen LogP contribution in [0.1, 0.15) is 64.6 Å². The summed E-state index contributed by atoms with van der Waals surface area (Å²) in [6.45, 7) is 2.98. The molecule has 72 heavy (non-hydrogen) atoms. The fourth-order valence-corrected chi connectivity index (χ4v) is 14.2. The summed E-state index contributed by atoms with van der Waals surface area (Å²) in [6.07, 6.45) is 3.41. The minimum atomic E-state index is -0.479.